The number of hydrogen-bond acceptors (Lipinski definition) is 4. The fourth-order valence-electron chi connectivity index (χ4n) is 2.95. The Balaban J connectivity index is 1.74. The molecule has 1 N–H and O–H groups in total. The second kappa shape index (κ2) is 8.12. The second-order valence-corrected chi connectivity index (χ2v) is 7.27. The Bertz CT molecular complexity index is 731. The predicted octanol–water partition coefficient (Wildman–Crippen LogP) is 3.41. The van der Waals surface area contributed by atoms with Gasteiger partial charge in [-0.25, -0.2) is 4.79 Å². The Labute approximate surface area is 161 Å². The van der Waals surface area contributed by atoms with Crippen LogP contribution in [0.3, 0.4) is 0 Å². The summed E-state index contributed by atoms with van der Waals surface area (Å²) in [6.45, 7) is 1.27. The van der Waals surface area contributed by atoms with E-state index in [-0.39, 0.29) is 6.61 Å². The summed E-state index contributed by atoms with van der Waals surface area (Å²) in [5.41, 5.74) is 0.749. The molecule has 1 saturated heterocycles. The van der Waals surface area contributed by atoms with E-state index in [1.165, 1.54) is 4.90 Å². The van der Waals surface area contributed by atoms with Crippen molar-refractivity contribution in [2.24, 2.45) is 0 Å². The quantitative estimate of drug-likeness (QED) is 0.620. The maximum atomic E-state index is 11.6. The van der Waals surface area contributed by atoms with Gasteiger partial charge in [-0.05, 0) is 12.1 Å². The number of nitrogens with zero attached hydrogens (tertiary/aromatic N) is 3. The van der Waals surface area contributed by atoms with Crippen LogP contribution in [0.15, 0.2) is 54.9 Å². The monoisotopic (exact) mass is 395 g/mol. The van der Waals surface area contributed by atoms with Crippen LogP contribution in [0, 0.1) is 0 Å². The van der Waals surface area contributed by atoms with Crippen LogP contribution >= 0.6 is 23.2 Å². The Morgan fingerprint density at radius 2 is 2.00 bits per heavy atom. The number of rotatable bonds is 5. The van der Waals surface area contributed by atoms with Crippen molar-refractivity contribution in [3.05, 3.63) is 60.4 Å². The number of hydrogen-bond donors (Lipinski definition) is 1. The van der Waals surface area contributed by atoms with Crippen molar-refractivity contribution in [2.75, 3.05) is 26.2 Å². The van der Waals surface area contributed by atoms with Crippen molar-refractivity contribution in [1.82, 2.24) is 14.8 Å². The first-order valence-electron chi connectivity index (χ1n) is 8.19. The number of halogens is 2. The van der Waals surface area contributed by atoms with Gasteiger partial charge in [-0.1, -0.05) is 53.5 Å². The Morgan fingerprint density at radius 3 is 2.65 bits per heavy atom. The number of piperazine rings is 1. The lowest BCUT2D eigenvalue weighted by atomic mass is 10.1. The van der Waals surface area contributed by atoms with Crippen LogP contribution in [0.5, 0.6) is 5.75 Å². The molecule has 26 heavy (non-hydrogen) atoms. The van der Waals surface area contributed by atoms with Gasteiger partial charge >= 0.3 is 6.09 Å². The van der Waals surface area contributed by atoms with Crippen LogP contribution in [0.2, 0.25) is 0 Å². The van der Waals surface area contributed by atoms with Crippen LogP contribution in [-0.4, -0.2) is 58.3 Å². The lowest BCUT2D eigenvalue weighted by Crippen LogP contribution is -2.59. The molecule has 3 rings (SSSR count). The minimum Gasteiger partial charge on any atom is -0.490 e. The molecular weight excluding hydrogens is 377 g/mol. The second-order valence-electron chi connectivity index (χ2n) is 5.98. The van der Waals surface area contributed by atoms with E-state index in [1.807, 2.05) is 35.2 Å². The van der Waals surface area contributed by atoms with E-state index in [2.05, 4.69) is 4.98 Å². The van der Waals surface area contributed by atoms with Gasteiger partial charge in [0.2, 0.25) is 0 Å². The number of pyridine rings is 1. The summed E-state index contributed by atoms with van der Waals surface area (Å²) in [5.74, 6) is 0.584. The molecule has 0 saturated carbocycles. The molecule has 1 aliphatic heterocycles. The number of carboxylic acid groups (broad SMARTS) is 1. The molecular formula is C18H19Cl2N3O3. The highest BCUT2D eigenvalue weighted by molar-refractivity contribution is 6.47. The molecule has 1 aromatic heterocycles. The standard InChI is InChI=1S/C18H19Cl2N3O3/c19-18(20,14-5-2-1-3-6-14)22-9-10-23(17(24)25)15(12-22)13-26-16-7-4-8-21-11-16/h1-8,11,15H,9-10,12-13H2,(H,24,25). The number of benzene rings is 1. The van der Waals surface area contributed by atoms with Crippen molar-refractivity contribution >= 4 is 29.3 Å². The lowest BCUT2D eigenvalue weighted by Gasteiger charge is -2.44. The average Bonchev–Trinajstić information content (AvgIpc) is 2.67. The van der Waals surface area contributed by atoms with Gasteiger partial charge in [0.1, 0.15) is 12.4 Å². The van der Waals surface area contributed by atoms with Crippen molar-refractivity contribution < 1.29 is 14.6 Å². The molecule has 0 spiro atoms. The Hall–Kier alpha value is -2.02. The molecule has 1 unspecified atom stereocenters. The van der Waals surface area contributed by atoms with Gasteiger partial charge in [0.15, 0.2) is 4.46 Å². The van der Waals surface area contributed by atoms with Crippen LogP contribution in [-0.2, 0) is 4.46 Å². The summed E-state index contributed by atoms with van der Waals surface area (Å²) in [5, 5.41) is 9.49. The number of alkyl halides is 2. The molecule has 0 aliphatic carbocycles. The number of amides is 1. The molecule has 1 atom stereocenters. The van der Waals surface area contributed by atoms with Crippen molar-refractivity contribution in [2.45, 2.75) is 10.5 Å². The summed E-state index contributed by atoms with van der Waals surface area (Å²) in [6, 6.07) is 12.5. The predicted molar refractivity (Wildman–Crippen MR) is 99.6 cm³/mol. The zero-order valence-corrected chi connectivity index (χ0v) is 15.5. The van der Waals surface area contributed by atoms with Gasteiger partial charge in [0.25, 0.3) is 0 Å². The zero-order chi connectivity index (χ0) is 18.6. The highest BCUT2D eigenvalue weighted by Gasteiger charge is 2.41. The third-order valence-electron chi connectivity index (χ3n) is 4.32. The van der Waals surface area contributed by atoms with Gasteiger partial charge in [0, 0.05) is 31.4 Å². The third-order valence-corrected chi connectivity index (χ3v) is 5.24. The summed E-state index contributed by atoms with van der Waals surface area (Å²) >= 11 is 13.2. The minimum absolute atomic E-state index is 0.188. The van der Waals surface area contributed by atoms with Crippen molar-refractivity contribution in [3.8, 4) is 5.75 Å². The van der Waals surface area contributed by atoms with Gasteiger partial charge in [-0.3, -0.25) is 14.8 Å². The number of aromatic nitrogens is 1. The lowest BCUT2D eigenvalue weighted by molar-refractivity contribution is 0.0345. The van der Waals surface area contributed by atoms with Crippen LogP contribution in [0.4, 0.5) is 4.79 Å². The maximum Gasteiger partial charge on any atom is 0.407 e. The third kappa shape index (κ3) is 4.20. The molecule has 138 valence electrons. The van der Waals surface area contributed by atoms with E-state index in [4.69, 9.17) is 27.9 Å². The van der Waals surface area contributed by atoms with Crippen LogP contribution < -0.4 is 4.74 Å². The van der Waals surface area contributed by atoms with E-state index in [0.29, 0.717) is 25.4 Å². The van der Waals surface area contributed by atoms with E-state index in [0.717, 1.165) is 5.56 Å². The molecule has 0 radical (unpaired) electrons. The first-order valence-corrected chi connectivity index (χ1v) is 8.95. The van der Waals surface area contributed by atoms with Gasteiger partial charge in [-0.15, -0.1) is 0 Å². The van der Waals surface area contributed by atoms with Gasteiger partial charge in [-0.2, -0.15) is 0 Å². The van der Waals surface area contributed by atoms with Crippen molar-refractivity contribution in [3.63, 3.8) is 0 Å². The fourth-order valence-corrected chi connectivity index (χ4v) is 3.51. The number of ether oxygens (including phenoxy) is 1. The highest BCUT2D eigenvalue weighted by Crippen LogP contribution is 2.38. The fraction of sp³-hybridized carbons (Fsp3) is 0.333. The first kappa shape index (κ1) is 18.8. The first-order chi connectivity index (χ1) is 12.5. The molecule has 6 nitrogen and oxygen atoms in total. The molecule has 0 bridgehead atoms. The summed E-state index contributed by atoms with van der Waals surface area (Å²) in [6.07, 6.45) is 2.25. The normalized spacial score (nSPS) is 18.5. The molecule has 1 aliphatic rings. The SMILES string of the molecule is O=C(O)N1CCN(C(Cl)(Cl)c2ccccc2)CC1COc1cccnc1. The minimum atomic E-state index is -1.24. The topological polar surface area (TPSA) is 65.9 Å². The molecule has 8 heteroatoms. The summed E-state index contributed by atoms with van der Waals surface area (Å²) in [4.78, 5) is 18.8. The summed E-state index contributed by atoms with van der Waals surface area (Å²) < 4.78 is 4.47. The van der Waals surface area contributed by atoms with Gasteiger partial charge < -0.3 is 9.84 Å². The molecule has 1 amide bonds. The zero-order valence-electron chi connectivity index (χ0n) is 14.0. The summed E-state index contributed by atoms with van der Waals surface area (Å²) in [7, 11) is 0. The van der Waals surface area contributed by atoms with E-state index in [1.54, 1.807) is 24.5 Å². The molecule has 1 fully saturated rings. The van der Waals surface area contributed by atoms with E-state index >= 15 is 0 Å². The smallest absolute Gasteiger partial charge is 0.407 e. The van der Waals surface area contributed by atoms with Gasteiger partial charge in [0.05, 0.1) is 12.2 Å². The molecule has 1 aromatic carbocycles. The van der Waals surface area contributed by atoms with Crippen LogP contribution in [0.1, 0.15) is 5.56 Å². The van der Waals surface area contributed by atoms with E-state index in [9.17, 15) is 9.90 Å². The van der Waals surface area contributed by atoms with E-state index < -0.39 is 16.6 Å². The average molecular weight is 396 g/mol. The highest BCUT2D eigenvalue weighted by atomic mass is 35.5. The van der Waals surface area contributed by atoms with Crippen LogP contribution in [0.25, 0.3) is 0 Å². The molecule has 2 heterocycles. The maximum absolute atomic E-state index is 11.6. The molecule has 2 aromatic rings. The Morgan fingerprint density at radius 1 is 1.23 bits per heavy atom. The number of carbonyl (C=O) groups is 1. The van der Waals surface area contributed by atoms with Crippen molar-refractivity contribution in [1.29, 1.82) is 0 Å². The largest absolute Gasteiger partial charge is 0.490 e. The Kier molecular flexibility index (Phi) is 5.86.